The highest BCUT2D eigenvalue weighted by molar-refractivity contribution is 6.76. The molecular formula is C23H30ClN3O2Si. The fourth-order valence-electron chi connectivity index (χ4n) is 3.18. The summed E-state index contributed by atoms with van der Waals surface area (Å²) in [7, 11) is -1.16. The topological polar surface area (TPSA) is 56.2 Å². The number of nitrogens with zero attached hydrogens (tertiary/aromatic N) is 2. The molecule has 0 spiro atoms. The number of ether oxygens (including phenoxy) is 1. The van der Waals surface area contributed by atoms with Gasteiger partial charge in [-0.2, -0.15) is 5.10 Å². The molecule has 1 amide bonds. The molecule has 0 saturated heterocycles. The third-order valence-electron chi connectivity index (χ3n) is 4.87. The second-order valence-corrected chi connectivity index (χ2v) is 14.7. The van der Waals surface area contributed by atoms with Crippen LogP contribution >= 0.6 is 11.6 Å². The number of aromatic nitrogens is 2. The van der Waals surface area contributed by atoms with Gasteiger partial charge in [0.15, 0.2) is 5.82 Å². The Morgan fingerprint density at radius 2 is 1.93 bits per heavy atom. The van der Waals surface area contributed by atoms with Crippen molar-refractivity contribution in [1.29, 1.82) is 0 Å². The van der Waals surface area contributed by atoms with Crippen LogP contribution in [-0.2, 0) is 16.3 Å². The zero-order valence-electron chi connectivity index (χ0n) is 18.2. The summed E-state index contributed by atoms with van der Waals surface area (Å²) < 4.78 is 7.68. The Hall–Kier alpha value is -2.15. The Balaban J connectivity index is 1.96. The lowest BCUT2D eigenvalue weighted by molar-refractivity contribution is -0.116. The lowest BCUT2D eigenvalue weighted by atomic mass is 10.0. The molecule has 30 heavy (non-hydrogen) atoms. The van der Waals surface area contributed by atoms with Crippen molar-refractivity contribution in [3.8, 4) is 11.1 Å². The molecular weight excluding hydrogens is 414 g/mol. The third kappa shape index (κ3) is 5.71. The van der Waals surface area contributed by atoms with Gasteiger partial charge in [-0.05, 0) is 30.2 Å². The van der Waals surface area contributed by atoms with E-state index in [1.807, 2.05) is 49.4 Å². The molecule has 3 aromatic rings. The zero-order chi connectivity index (χ0) is 21.7. The van der Waals surface area contributed by atoms with Crippen LogP contribution in [0.2, 0.25) is 30.7 Å². The Morgan fingerprint density at radius 3 is 2.60 bits per heavy atom. The van der Waals surface area contributed by atoms with E-state index in [1.54, 1.807) is 4.68 Å². The molecule has 0 fully saturated rings. The highest BCUT2D eigenvalue weighted by Crippen LogP contribution is 2.35. The lowest BCUT2D eigenvalue weighted by Crippen LogP contribution is -2.22. The molecule has 1 aromatic heterocycles. The first-order chi connectivity index (χ1) is 14.3. The van der Waals surface area contributed by atoms with Gasteiger partial charge in [0.1, 0.15) is 6.73 Å². The quantitative estimate of drug-likeness (QED) is 0.307. The Bertz CT molecular complexity index is 1010. The number of benzene rings is 2. The average molecular weight is 444 g/mol. The fourth-order valence-corrected chi connectivity index (χ4v) is 4.20. The maximum atomic E-state index is 12.2. The van der Waals surface area contributed by atoms with Crippen LogP contribution in [0.4, 0.5) is 5.82 Å². The van der Waals surface area contributed by atoms with Crippen molar-refractivity contribution in [2.45, 2.75) is 52.2 Å². The summed E-state index contributed by atoms with van der Waals surface area (Å²) >= 11 is 6.63. The van der Waals surface area contributed by atoms with Gasteiger partial charge < -0.3 is 10.1 Å². The molecule has 0 aliphatic heterocycles. The minimum atomic E-state index is -1.16. The maximum absolute atomic E-state index is 12.2. The van der Waals surface area contributed by atoms with E-state index in [2.05, 4.69) is 30.1 Å². The number of nitrogens with one attached hydrogen (secondary N) is 1. The van der Waals surface area contributed by atoms with Crippen LogP contribution in [0.15, 0.2) is 42.5 Å². The van der Waals surface area contributed by atoms with Gasteiger partial charge in [-0.3, -0.25) is 4.79 Å². The number of hydrogen-bond donors (Lipinski definition) is 1. The highest BCUT2D eigenvalue weighted by atomic mass is 35.5. The Morgan fingerprint density at radius 1 is 1.20 bits per heavy atom. The Kier molecular flexibility index (Phi) is 7.34. The van der Waals surface area contributed by atoms with Crippen molar-refractivity contribution >= 4 is 42.3 Å². The van der Waals surface area contributed by atoms with Gasteiger partial charge in [-0.25, -0.2) is 4.68 Å². The molecule has 0 bridgehead atoms. The van der Waals surface area contributed by atoms with E-state index >= 15 is 0 Å². The monoisotopic (exact) mass is 443 g/mol. The summed E-state index contributed by atoms with van der Waals surface area (Å²) in [5.41, 5.74) is 2.78. The average Bonchev–Trinajstić information content (AvgIpc) is 3.01. The van der Waals surface area contributed by atoms with E-state index in [0.717, 1.165) is 34.5 Å². The first-order valence-corrected chi connectivity index (χ1v) is 14.5. The van der Waals surface area contributed by atoms with Gasteiger partial charge in [0.05, 0.1) is 10.5 Å². The predicted molar refractivity (Wildman–Crippen MR) is 128 cm³/mol. The number of hydrogen-bond acceptors (Lipinski definition) is 3. The highest BCUT2D eigenvalue weighted by Gasteiger charge is 2.17. The number of anilines is 1. The van der Waals surface area contributed by atoms with Gasteiger partial charge in [-0.15, -0.1) is 0 Å². The van der Waals surface area contributed by atoms with Crippen molar-refractivity contribution in [2.75, 3.05) is 11.9 Å². The van der Waals surface area contributed by atoms with Crippen LogP contribution < -0.4 is 5.32 Å². The molecule has 1 N–H and O–H groups in total. The lowest BCUT2D eigenvalue weighted by Gasteiger charge is -2.15. The van der Waals surface area contributed by atoms with Crippen molar-refractivity contribution in [3.05, 3.63) is 47.5 Å². The molecule has 1 heterocycles. The number of fused-ring (bicyclic) bond motifs is 1. The zero-order valence-corrected chi connectivity index (χ0v) is 19.9. The van der Waals surface area contributed by atoms with Gasteiger partial charge in [-0.1, -0.05) is 68.5 Å². The van der Waals surface area contributed by atoms with E-state index in [9.17, 15) is 4.79 Å². The number of amides is 1. The fraction of sp³-hybridized carbons (Fsp3) is 0.391. The van der Waals surface area contributed by atoms with Crippen molar-refractivity contribution in [1.82, 2.24) is 9.78 Å². The SMILES string of the molecule is CCCC(=O)Nc1nn(COCC[Si](C)(C)C)c2cc(Cl)c(-c3ccccc3)cc12. The van der Waals surface area contributed by atoms with Crippen LogP contribution in [0.25, 0.3) is 22.0 Å². The minimum absolute atomic E-state index is 0.0417. The minimum Gasteiger partial charge on any atom is -0.360 e. The van der Waals surface area contributed by atoms with Gasteiger partial charge in [0, 0.05) is 32.1 Å². The molecule has 0 radical (unpaired) electrons. The molecule has 0 aliphatic rings. The number of halogens is 1. The number of carbonyl (C=O) groups excluding carboxylic acids is 1. The predicted octanol–water partition coefficient (Wildman–Crippen LogP) is 6.41. The van der Waals surface area contributed by atoms with Crippen LogP contribution in [0.1, 0.15) is 19.8 Å². The smallest absolute Gasteiger partial charge is 0.225 e. The van der Waals surface area contributed by atoms with Gasteiger partial charge in [0.25, 0.3) is 0 Å². The van der Waals surface area contributed by atoms with E-state index < -0.39 is 8.07 Å². The molecule has 160 valence electrons. The molecule has 0 aliphatic carbocycles. The second-order valence-electron chi connectivity index (χ2n) is 8.71. The maximum Gasteiger partial charge on any atom is 0.225 e. The molecule has 0 atom stereocenters. The first-order valence-electron chi connectivity index (χ1n) is 10.4. The summed E-state index contributed by atoms with van der Waals surface area (Å²) in [6, 6.07) is 15.0. The van der Waals surface area contributed by atoms with Gasteiger partial charge in [0.2, 0.25) is 5.91 Å². The van der Waals surface area contributed by atoms with Crippen LogP contribution in [0.3, 0.4) is 0 Å². The summed E-state index contributed by atoms with van der Waals surface area (Å²) in [4.78, 5) is 12.2. The van der Waals surface area contributed by atoms with Crippen LogP contribution in [0.5, 0.6) is 0 Å². The van der Waals surface area contributed by atoms with E-state index in [4.69, 9.17) is 16.3 Å². The van der Waals surface area contributed by atoms with Gasteiger partial charge >= 0.3 is 0 Å². The number of rotatable bonds is 9. The number of carbonyl (C=O) groups is 1. The molecule has 2 aromatic carbocycles. The molecule has 0 unspecified atom stereocenters. The first kappa shape index (κ1) is 22.5. The van der Waals surface area contributed by atoms with Crippen LogP contribution in [0, 0.1) is 0 Å². The second kappa shape index (κ2) is 9.77. The van der Waals surface area contributed by atoms with Crippen molar-refractivity contribution in [3.63, 3.8) is 0 Å². The van der Waals surface area contributed by atoms with Crippen molar-refractivity contribution in [2.24, 2.45) is 0 Å². The molecule has 0 saturated carbocycles. The normalized spacial score (nSPS) is 11.8. The standard InChI is InChI=1S/C23H30ClN3O2Si/c1-5-9-22(28)25-23-19-14-18(17-10-7-6-8-11-17)20(24)15-21(19)27(26-23)16-29-12-13-30(2,3)4/h6-8,10-11,14-15H,5,9,12-13,16H2,1-4H3,(H,25,26,28). The van der Waals surface area contributed by atoms with E-state index in [0.29, 0.717) is 30.6 Å². The summed E-state index contributed by atoms with van der Waals surface area (Å²) in [5.74, 6) is 0.506. The largest absolute Gasteiger partial charge is 0.360 e. The summed E-state index contributed by atoms with van der Waals surface area (Å²) in [5, 5.41) is 9.09. The molecule has 3 rings (SSSR count). The molecule has 5 nitrogen and oxygen atoms in total. The summed E-state index contributed by atoms with van der Waals surface area (Å²) in [6.45, 7) is 9.98. The Labute approximate surface area is 184 Å². The molecule has 7 heteroatoms. The van der Waals surface area contributed by atoms with Crippen LogP contribution in [-0.4, -0.2) is 30.4 Å². The van der Waals surface area contributed by atoms with Crippen molar-refractivity contribution < 1.29 is 9.53 Å². The third-order valence-corrected chi connectivity index (χ3v) is 6.89. The van der Waals surface area contributed by atoms with E-state index in [1.165, 1.54) is 0 Å². The van der Waals surface area contributed by atoms with E-state index in [-0.39, 0.29) is 5.91 Å². The summed E-state index contributed by atoms with van der Waals surface area (Å²) in [6.07, 6.45) is 1.24.